The number of aromatic nitrogens is 2. The van der Waals surface area contributed by atoms with Crippen molar-refractivity contribution in [2.45, 2.75) is 19.0 Å². The van der Waals surface area contributed by atoms with Gasteiger partial charge in [-0.15, -0.1) is 6.58 Å². The van der Waals surface area contributed by atoms with Crippen molar-refractivity contribution in [2.24, 2.45) is 0 Å². The first-order valence-corrected chi connectivity index (χ1v) is 6.07. The van der Waals surface area contributed by atoms with Gasteiger partial charge in [-0.3, -0.25) is 4.79 Å². The van der Waals surface area contributed by atoms with Crippen LogP contribution >= 0.6 is 0 Å². The lowest BCUT2D eigenvalue weighted by Gasteiger charge is -2.00. The molecule has 0 radical (unpaired) electrons. The van der Waals surface area contributed by atoms with Crippen molar-refractivity contribution in [2.75, 3.05) is 0 Å². The van der Waals surface area contributed by atoms with Crippen molar-refractivity contribution in [1.82, 2.24) is 10.1 Å². The zero-order chi connectivity index (χ0) is 15.5. The topological polar surface area (TPSA) is 56.0 Å². The minimum absolute atomic E-state index is 0.0643. The number of carbonyl (C=O) groups is 1. The van der Waals surface area contributed by atoms with Crippen LogP contribution in [-0.4, -0.2) is 15.9 Å². The average Bonchev–Trinajstić information content (AvgIpc) is 2.95. The molecule has 21 heavy (non-hydrogen) atoms. The molecule has 0 bridgehead atoms. The highest BCUT2D eigenvalue weighted by Gasteiger charge is 2.38. The van der Waals surface area contributed by atoms with E-state index < -0.39 is 12.1 Å². The fraction of sp³-hybridized carbons (Fsp3) is 0.214. The molecule has 0 aliphatic carbocycles. The predicted molar refractivity (Wildman–Crippen MR) is 68.5 cm³/mol. The molecular weight excluding hydrogens is 285 g/mol. The Bertz CT molecular complexity index is 645. The Morgan fingerprint density at radius 1 is 1.29 bits per heavy atom. The van der Waals surface area contributed by atoms with Crippen LogP contribution in [0.2, 0.25) is 0 Å². The van der Waals surface area contributed by atoms with E-state index in [-0.39, 0.29) is 11.6 Å². The maximum Gasteiger partial charge on any atom is 0.471 e. The summed E-state index contributed by atoms with van der Waals surface area (Å²) in [6.07, 6.45) is -2.13. The Morgan fingerprint density at radius 2 is 1.95 bits per heavy atom. The number of hydrogen-bond acceptors (Lipinski definition) is 4. The summed E-state index contributed by atoms with van der Waals surface area (Å²) in [5, 5.41) is 3.27. The van der Waals surface area contributed by atoms with Gasteiger partial charge in [0.15, 0.2) is 5.78 Å². The summed E-state index contributed by atoms with van der Waals surface area (Å²) in [5.74, 6) is -1.64. The van der Waals surface area contributed by atoms with Crippen LogP contribution in [0.1, 0.15) is 29.1 Å². The molecule has 2 rings (SSSR count). The van der Waals surface area contributed by atoms with Gasteiger partial charge in [0.05, 0.1) is 0 Å². The number of allylic oxidation sites excluding steroid dienone is 1. The molecule has 0 aliphatic rings. The molecule has 1 aromatic heterocycles. The van der Waals surface area contributed by atoms with E-state index in [1.165, 1.54) is 24.3 Å². The maximum atomic E-state index is 12.4. The Kier molecular flexibility index (Phi) is 4.21. The third-order valence-corrected chi connectivity index (χ3v) is 2.71. The molecule has 0 atom stereocenters. The zero-order valence-corrected chi connectivity index (χ0v) is 10.9. The molecule has 0 aliphatic heterocycles. The standard InChI is InChI=1S/C14H11F3N2O2/c1-2-3-4-11(20)9-5-7-10(8-6-9)12-18-13(21-19-12)14(15,16)17/h2,5-8H,1,3-4H2. The molecular formula is C14H11F3N2O2. The van der Waals surface area contributed by atoms with Gasteiger partial charge in [0.2, 0.25) is 5.82 Å². The van der Waals surface area contributed by atoms with E-state index in [0.717, 1.165) is 0 Å². The number of Topliss-reactive ketones (excluding diaryl/α,β-unsaturated/α-hetero) is 1. The van der Waals surface area contributed by atoms with E-state index in [9.17, 15) is 18.0 Å². The normalized spacial score (nSPS) is 11.4. The van der Waals surface area contributed by atoms with Crippen molar-refractivity contribution in [3.63, 3.8) is 0 Å². The van der Waals surface area contributed by atoms with E-state index in [2.05, 4.69) is 21.2 Å². The molecule has 0 N–H and O–H groups in total. The molecule has 0 spiro atoms. The molecule has 7 heteroatoms. The van der Waals surface area contributed by atoms with Gasteiger partial charge < -0.3 is 4.52 Å². The van der Waals surface area contributed by atoms with Crippen molar-refractivity contribution < 1.29 is 22.5 Å². The number of nitrogens with zero attached hydrogens (tertiary/aromatic N) is 2. The third-order valence-electron chi connectivity index (χ3n) is 2.71. The average molecular weight is 296 g/mol. The van der Waals surface area contributed by atoms with E-state index >= 15 is 0 Å². The van der Waals surface area contributed by atoms with Crippen LogP contribution in [0.25, 0.3) is 11.4 Å². The first-order valence-electron chi connectivity index (χ1n) is 6.07. The predicted octanol–water partition coefficient (Wildman–Crippen LogP) is 3.90. The van der Waals surface area contributed by atoms with Gasteiger partial charge in [-0.1, -0.05) is 35.5 Å². The van der Waals surface area contributed by atoms with E-state index in [0.29, 0.717) is 24.0 Å². The lowest BCUT2D eigenvalue weighted by Crippen LogP contribution is -2.04. The second kappa shape index (κ2) is 5.90. The van der Waals surface area contributed by atoms with Crippen LogP contribution in [0.5, 0.6) is 0 Å². The summed E-state index contributed by atoms with van der Waals surface area (Å²) in [6.45, 7) is 3.53. The van der Waals surface area contributed by atoms with Crippen LogP contribution < -0.4 is 0 Å². The maximum absolute atomic E-state index is 12.4. The van der Waals surface area contributed by atoms with E-state index in [4.69, 9.17) is 0 Å². The lowest BCUT2D eigenvalue weighted by atomic mass is 10.0. The van der Waals surface area contributed by atoms with E-state index in [1.54, 1.807) is 6.08 Å². The van der Waals surface area contributed by atoms with Crippen molar-refractivity contribution >= 4 is 5.78 Å². The van der Waals surface area contributed by atoms with Gasteiger partial charge in [0, 0.05) is 17.5 Å². The fourth-order valence-corrected chi connectivity index (χ4v) is 1.64. The molecule has 0 saturated carbocycles. The highest BCUT2D eigenvalue weighted by atomic mass is 19.4. The molecule has 0 fully saturated rings. The number of alkyl halides is 3. The van der Waals surface area contributed by atoms with Crippen molar-refractivity contribution in [3.05, 3.63) is 48.4 Å². The van der Waals surface area contributed by atoms with Crippen LogP contribution in [0.3, 0.4) is 0 Å². The van der Waals surface area contributed by atoms with Gasteiger partial charge in [-0.05, 0) is 6.42 Å². The number of ketones is 1. The summed E-state index contributed by atoms with van der Waals surface area (Å²) < 4.78 is 41.2. The van der Waals surface area contributed by atoms with Gasteiger partial charge >= 0.3 is 12.1 Å². The SMILES string of the molecule is C=CCCC(=O)c1ccc(-c2noc(C(F)(F)F)n2)cc1. The Morgan fingerprint density at radius 3 is 2.48 bits per heavy atom. The Hall–Kier alpha value is -2.44. The third kappa shape index (κ3) is 3.56. The van der Waals surface area contributed by atoms with Gasteiger partial charge in [0.1, 0.15) is 0 Å². The molecule has 0 saturated heterocycles. The molecule has 4 nitrogen and oxygen atoms in total. The smallest absolute Gasteiger partial charge is 0.329 e. The fourth-order valence-electron chi connectivity index (χ4n) is 1.64. The molecule has 0 amide bonds. The number of rotatable bonds is 5. The van der Waals surface area contributed by atoms with Crippen LogP contribution in [0, 0.1) is 0 Å². The number of halogens is 3. The minimum atomic E-state index is -4.67. The summed E-state index contributed by atoms with van der Waals surface area (Å²) in [7, 11) is 0. The zero-order valence-electron chi connectivity index (χ0n) is 10.9. The second-order valence-electron chi connectivity index (χ2n) is 4.25. The van der Waals surface area contributed by atoms with Gasteiger partial charge in [-0.2, -0.15) is 18.2 Å². The Labute approximate surface area is 118 Å². The van der Waals surface area contributed by atoms with Crippen molar-refractivity contribution in [3.8, 4) is 11.4 Å². The summed E-state index contributed by atoms with van der Waals surface area (Å²) in [5.41, 5.74) is 0.815. The first-order chi connectivity index (χ1) is 9.91. The summed E-state index contributed by atoms with van der Waals surface area (Å²) in [6, 6.07) is 5.99. The second-order valence-corrected chi connectivity index (χ2v) is 4.25. The van der Waals surface area contributed by atoms with Crippen LogP contribution in [0.4, 0.5) is 13.2 Å². The monoisotopic (exact) mass is 296 g/mol. The minimum Gasteiger partial charge on any atom is -0.329 e. The van der Waals surface area contributed by atoms with Gasteiger partial charge in [0.25, 0.3) is 0 Å². The largest absolute Gasteiger partial charge is 0.471 e. The number of carbonyl (C=O) groups excluding carboxylic acids is 1. The molecule has 2 aromatic rings. The molecule has 110 valence electrons. The van der Waals surface area contributed by atoms with Gasteiger partial charge in [-0.25, -0.2) is 0 Å². The van der Waals surface area contributed by atoms with Crippen molar-refractivity contribution in [1.29, 1.82) is 0 Å². The number of benzene rings is 1. The number of hydrogen-bond donors (Lipinski definition) is 0. The van der Waals surface area contributed by atoms with Crippen LogP contribution in [-0.2, 0) is 6.18 Å². The van der Waals surface area contributed by atoms with E-state index in [1.807, 2.05) is 0 Å². The highest BCUT2D eigenvalue weighted by molar-refractivity contribution is 5.96. The molecule has 1 heterocycles. The summed E-state index contributed by atoms with van der Waals surface area (Å²) in [4.78, 5) is 15.0. The molecule has 0 unspecified atom stereocenters. The molecule has 1 aromatic carbocycles. The summed E-state index contributed by atoms with van der Waals surface area (Å²) >= 11 is 0. The Balaban J connectivity index is 2.17. The van der Waals surface area contributed by atoms with Crippen LogP contribution in [0.15, 0.2) is 41.4 Å². The quantitative estimate of drug-likeness (QED) is 0.620. The first kappa shape index (κ1) is 15.0. The highest BCUT2D eigenvalue weighted by Crippen LogP contribution is 2.29. The lowest BCUT2D eigenvalue weighted by molar-refractivity contribution is -0.159.